The predicted molar refractivity (Wildman–Crippen MR) is 94.3 cm³/mol. The molecule has 21 heavy (non-hydrogen) atoms. The Labute approximate surface area is 134 Å². The Morgan fingerprint density at radius 2 is 1.76 bits per heavy atom. The molecule has 0 unspecified atom stereocenters. The van der Waals surface area contributed by atoms with Crippen LogP contribution in [0.4, 0.5) is 0 Å². The molecule has 0 radical (unpaired) electrons. The largest absolute Gasteiger partial charge is 0.388 e. The second-order valence-corrected chi connectivity index (χ2v) is 6.99. The highest BCUT2D eigenvalue weighted by Crippen LogP contribution is 2.11. The molecule has 0 aliphatic carbocycles. The van der Waals surface area contributed by atoms with Gasteiger partial charge in [0.2, 0.25) is 0 Å². The Balaban J connectivity index is 2.69. The highest BCUT2D eigenvalue weighted by atomic mass is 32.1. The number of nitrogens with two attached hydrogens (primary N) is 1. The van der Waals surface area contributed by atoms with Gasteiger partial charge in [0, 0.05) is 12.7 Å². The highest BCUT2D eigenvalue weighted by Gasteiger charge is 2.09. The average Bonchev–Trinajstić information content (AvgIpc) is 2.41. The fourth-order valence-corrected chi connectivity index (χ4v) is 2.23. The van der Waals surface area contributed by atoms with Crippen molar-refractivity contribution >= 4 is 17.2 Å². The number of pyridine rings is 1. The Morgan fingerprint density at radius 3 is 2.24 bits per heavy atom. The topological polar surface area (TPSA) is 42.2 Å². The summed E-state index contributed by atoms with van der Waals surface area (Å²) in [5.41, 5.74) is 7.62. The van der Waals surface area contributed by atoms with E-state index in [4.69, 9.17) is 18.0 Å². The number of rotatable bonds is 9. The molecular weight excluding hydrogens is 278 g/mol. The molecule has 1 aromatic rings. The molecule has 0 atom stereocenters. The van der Waals surface area contributed by atoms with Gasteiger partial charge in [-0.1, -0.05) is 39.9 Å². The number of nitrogens with zero attached hydrogens (tertiary/aromatic N) is 2. The number of aromatic nitrogens is 1. The third-order valence-electron chi connectivity index (χ3n) is 3.53. The maximum absolute atomic E-state index is 5.67. The van der Waals surface area contributed by atoms with E-state index in [-0.39, 0.29) is 0 Å². The Hall–Kier alpha value is -1.00. The molecule has 0 bridgehead atoms. The van der Waals surface area contributed by atoms with Crippen LogP contribution >= 0.6 is 12.2 Å². The summed E-state index contributed by atoms with van der Waals surface area (Å²) < 4.78 is 0. The van der Waals surface area contributed by atoms with Gasteiger partial charge in [-0.2, -0.15) is 0 Å². The van der Waals surface area contributed by atoms with Gasteiger partial charge in [0.05, 0.1) is 5.69 Å². The standard InChI is InChI=1S/C17H29N3S/c1-13(2)6-9-20(10-7-14(3)4)12-15-5-8-19-16(11-15)17(18)21/h5,8,11,13-14H,6-7,9-10,12H2,1-4H3,(H2,18,21). The molecule has 3 nitrogen and oxygen atoms in total. The monoisotopic (exact) mass is 307 g/mol. The summed E-state index contributed by atoms with van der Waals surface area (Å²) in [5, 5.41) is 0. The van der Waals surface area contributed by atoms with Gasteiger partial charge in [-0.15, -0.1) is 0 Å². The minimum atomic E-state index is 0.368. The quantitative estimate of drug-likeness (QED) is 0.708. The summed E-state index contributed by atoms with van der Waals surface area (Å²) in [6.07, 6.45) is 4.25. The van der Waals surface area contributed by atoms with Crippen LogP contribution in [0.25, 0.3) is 0 Å². The van der Waals surface area contributed by atoms with Crippen molar-refractivity contribution in [3.63, 3.8) is 0 Å². The van der Waals surface area contributed by atoms with Gasteiger partial charge >= 0.3 is 0 Å². The zero-order valence-corrected chi connectivity index (χ0v) is 14.6. The molecule has 0 aromatic carbocycles. The molecule has 2 N–H and O–H groups in total. The van der Waals surface area contributed by atoms with E-state index >= 15 is 0 Å². The third-order valence-corrected chi connectivity index (χ3v) is 3.74. The van der Waals surface area contributed by atoms with Crippen molar-refractivity contribution in [1.82, 2.24) is 9.88 Å². The number of thiocarbonyl (C=S) groups is 1. The maximum Gasteiger partial charge on any atom is 0.122 e. The zero-order valence-electron chi connectivity index (χ0n) is 13.8. The lowest BCUT2D eigenvalue weighted by molar-refractivity contribution is 0.235. The van der Waals surface area contributed by atoms with Crippen LogP contribution in [0.2, 0.25) is 0 Å². The van der Waals surface area contributed by atoms with Crippen LogP contribution in [0, 0.1) is 11.8 Å². The van der Waals surface area contributed by atoms with Crippen LogP contribution in [0.1, 0.15) is 51.8 Å². The van der Waals surface area contributed by atoms with Gasteiger partial charge in [-0.05, 0) is 55.5 Å². The first-order valence-electron chi connectivity index (χ1n) is 7.85. The predicted octanol–water partition coefficient (Wildman–Crippen LogP) is 3.61. The molecule has 1 heterocycles. The molecule has 0 spiro atoms. The van der Waals surface area contributed by atoms with Gasteiger partial charge in [0.25, 0.3) is 0 Å². The van der Waals surface area contributed by atoms with Crippen LogP contribution in [-0.4, -0.2) is 28.0 Å². The van der Waals surface area contributed by atoms with Crippen LogP contribution in [-0.2, 0) is 6.54 Å². The highest BCUT2D eigenvalue weighted by molar-refractivity contribution is 7.80. The Kier molecular flexibility index (Phi) is 7.83. The minimum absolute atomic E-state index is 0.368. The first-order valence-corrected chi connectivity index (χ1v) is 8.26. The van der Waals surface area contributed by atoms with E-state index in [1.165, 1.54) is 18.4 Å². The molecular formula is C17H29N3S. The smallest absolute Gasteiger partial charge is 0.122 e. The van der Waals surface area contributed by atoms with Gasteiger partial charge in [0.1, 0.15) is 4.99 Å². The molecule has 1 rings (SSSR count). The number of hydrogen-bond acceptors (Lipinski definition) is 3. The average molecular weight is 308 g/mol. The second kappa shape index (κ2) is 9.11. The van der Waals surface area contributed by atoms with E-state index in [0.29, 0.717) is 4.99 Å². The van der Waals surface area contributed by atoms with Crippen molar-refractivity contribution < 1.29 is 0 Å². The molecule has 4 heteroatoms. The summed E-state index contributed by atoms with van der Waals surface area (Å²) in [6.45, 7) is 12.3. The van der Waals surface area contributed by atoms with E-state index in [9.17, 15) is 0 Å². The van der Waals surface area contributed by atoms with Crippen LogP contribution in [0.5, 0.6) is 0 Å². The molecule has 1 aromatic heterocycles. The summed E-state index contributed by atoms with van der Waals surface area (Å²) in [5.74, 6) is 1.47. The Bertz CT molecular complexity index is 431. The summed E-state index contributed by atoms with van der Waals surface area (Å²) in [6, 6.07) is 4.07. The van der Waals surface area contributed by atoms with Crippen LogP contribution < -0.4 is 5.73 Å². The lowest BCUT2D eigenvalue weighted by atomic mass is 10.1. The first-order chi connectivity index (χ1) is 9.88. The lowest BCUT2D eigenvalue weighted by Crippen LogP contribution is -2.27. The molecule has 0 aliphatic rings. The summed E-state index contributed by atoms with van der Waals surface area (Å²) >= 11 is 5.01. The van der Waals surface area contributed by atoms with Gasteiger partial charge in [0.15, 0.2) is 0 Å². The maximum atomic E-state index is 5.67. The third kappa shape index (κ3) is 7.53. The van der Waals surface area contributed by atoms with E-state index in [1.807, 2.05) is 6.07 Å². The van der Waals surface area contributed by atoms with Crippen LogP contribution in [0.15, 0.2) is 18.3 Å². The molecule has 0 saturated carbocycles. The zero-order chi connectivity index (χ0) is 15.8. The lowest BCUT2D eigenvalue weighted by Gasteiger charge is -2.24. The molecule has 0 aliphatic heterocycles. The fourth-order valence-electron chi connectivity index (χ4n) is 2.12. The molecule has 0 saturated heterocycles. The molecule has 0 fully saturated rings. The summed E-state index contributed by atoms with van der Waals surface area (Å²) in [7, 11) is 0. The van der Waals surface area contributed by atoms with Crippen molar-refractivity contribution in [2.24, 2.45) is 17.6 Å². The van der Waals surface area contributed by atoms with E-state index < -0.39 is 0 Å². The van der Waals surface area contributed by atoms with Crippen molar-refractivity contribution in [2.45, 2.75) is 47.1 Å². The van der Waals surface area contributed by atoms with Crippen molar-refractivity contribution in [2.75, 3.05) is 13.1 Å². The molecule has 118 valence electrons. The van der Waals surface area contributed by atoms with Gasteiger partial charge in [-0.25, -0.2) is 0 Å². The van der Waals surface area contributed by atoms with Crippen molar-refractivity contribution in [3.8, 4) is 0 Å². The summed E-state index contributed by atoms with van der Waals surface area (Å²) in [4.78, 5) is 7.10. The number of hydrogen-bond donors (Lipinski definition) is 1. The normalized spacial score (nSPS) is 11.6. The van der Waals surface area contributed by atoms with E-state index in [2.05, 4.69) is 43.6 Å². The first kappa shape index (κ1) is 18.1. The van der Waals surface area contributed by atoms with Crippen molar-refractivity contribution in [3.05, 3.63) is 29.6 Å². The minimum Gasteiger partial charge on any atom is -0.388 e. The van der Waals surface area contributed by atoms with E-state index in [0.717, 1.165) is 37.2 Å². The van der Waals surface area contributed by atoms with Crippen LogP contribution in [0.3, 0.4) is 0 Å². The van der Waals surface area contributed by atoms with Crippen molar-refractivity contribution in [1.29, 1.82) is 0 Å². The van der Waals surface area contributed by atoms with E-state index in [1.54, 1.807) is 6.20 Å². The Morgan fingerprint density at radius 1 is 1.19 bits per heavy atom. The molecule has 0 amide bonds. The SMILES string of the molecule is CC(C)CCN(CCC(C)C)Cc1ccnc(C(N)=S)c1. The second-order valence-electron chi connectivity index (χ2n) is 6.55. The van der Waals surface area contributed by atoms with Gasteiger partial charge < -0.3 is 5.73 Å². The van der Waals surface area contributed by atoms with Gasteiger partial charge in [-0.3, -0.25) is 9.88 Å². The fraction of sp³-hybridized carbons (Fsp3) is 0.647.